The first kappa shape index (κ1) is 22.2. The third kappa shape index (κ3) is 4.08. The Morgan fingerprint density at radius 2 is 1.60 bits per heavy atom. The summed E-state index contributed by atoms with van der Waals surface area (Å²) in [5.41, 5.74) is 7.39. The van der Waals surface area contributed by atoms with E-state index in [9.17, 15) is 14.4 Å². The maximum absolute atomic E-state index is 13.1. The number of amides is 3. The predicted molar refractivity (Wildman–Crippen MR) is 137 cm³/mol. The fraction of sp³-hybridized carbons (Fsp3) is 0.107. The molecule has 0 saturated carbocycles. The Bertz CT molecular complexity index is 1500. The number of nitrogens with zero attached hydrogens (tertiary/aromatic N) is 2. The topological polar surface area (TPSA) is 83.4 Å². The zero-order valence-electron chi connectivity index (χ0n) is 19.4. The SMILES string of the molecule is Cc1ccccc1NC(=O)Cn1c(C)c(/C=C2/C(=O)NN(c3ccccc3)C2=O)c2ccccc21. The lowest BCUT2D eigenvalue weighted by molar-refractivity contribution is -0.118. The highest BCUT2D eigenvalue weighted by Crippen LogP contribution is 2.30. The second-order valence-corrected chi connectivity index (χ2v) is 8.44. The van der Waals surface area contributed by atoms with Gasteiger partial charge in [-0.1, -0.05) is 54.6 Å². The molecule has 0 spiro atoms. The number of hydrogen-bond acceptors (Lipinski definition) is 3. The highest BCUT2D eigenvalue weighted by atomic mass is 16.2. The quantitative estimate of drug-likeness (QED) is 0.340. The molecule has 2 heterocycles. The molecule has 0 radical (unpaired) electrons. The summed E-state index contributed by atoms with van der Waals surface area (Å²) in [5, 5.41) is 5.08. The molecule has 0 bridgehead atoms. The van der Waals surface area contributed by atoms with Crippen LogP contribution in [-0.2, 0) is 20.9 Å². The number of hydrazine groups is 1. The Morgan fingerprint density at radius 1 is 0.914 bits per heavy atom. The standard InChI is InChI=1S/C28H24N4O3/c1-18-10-6-8-14-24(18)29-26(33)17-31-19(2)22(21-13-7-9-15-25(21)31)16-23-27(34)30-32(28(23)35)20-11-4-3-5-12-20/h3-16H,17H2,1-2H3,(H,29,33)(H,30,34)/b23-16-. The van der Waals surface area contributed by atoms with Gasteiger partial charge in [0.05, 0.1) is 5.69 Å². The number of aryl methyl sites for hydroxylation is 1. The van der Waals surface area contributed by atoms with Gasteiger partial charge in [-0.3, -0.25) is 19.8 Å². The minimum Gasteiger partial charge on any atom is -0.335 e. The molecule has 2 N–H and O–H groups in total. The van der Waals surface area contributed by atoms with Gasteiger partial charge in [-0.2, -0.15) is 0 Å². The molecule has 3 amide bonds. The van der Waals surface area contributed by atoms with Crippen molar-refractivity contribution in [2.75, 3.05) is 10.3 Å². The number of hydrogen-bond donors (Lipinski definition) is 2. The van der Waals surface area contributed by atoms with E-state index in [0.29, 0.717) is 5.69 Å². The molecule has 0 aliphatic carbocycles. The highest BCUT2D eigenvalue weighted by Gasteiger charge is 2.35. The molecule has 1 saturated heterocycles. The molecule has 0 unspecified atom stereocenters. The van der Waals surface area contributed by atoms with Crippen molar-refractivity contribution in [3.8, 4) is 0 Å². The number of anilines is 2. The predicted octanol–water partition coefficient (Wildman–Crippen LogP) is 4.36. The lowest BCUT2D eigenvalue weighted by atomic mass is 10.1. The number of carbonyl (C=O) groups excluding carboxylic acids is 3. The average molecular weight is 465 g/mol. The second kappa shape index (κ2) is 8.95. The van der Waals surface area contributed by atoms with Crippen LogP contribution in [0, 0.1) is 13.8 Å². The molecule has 0 atom stereocenters. The normalized spacial score (nSPS) is 14.6. The molecular weight excluding hydrogens is 440 g/mol. The Morgan fingerprint density at radius 3 is 2.37 bits per heavy atom. The van der Waals surface area contributed by atoms with Crippen molar-refractivity contribution in [2.45, 2.75) is 20.4 Å². The van der Waals surface area contributed by atoms with Gasteiger partial charge in [0.15, 0.2) is 0 Å². The van der Waals surface area contributed by atoms with Gasteiger partial charge in [-0.15, -0.1) is 0 Å². The lowest BCUT2D eigenvalue weighted by Gasteiger charge is -2.13. The number of para-hydroxylation sites is 3. The summed E-state index contributed by atoms with van der Waals surface area (Å²) >= 11 is 0. The molecule has 1 aromatic heterocycles. The first-order valence-electron chi connectivity index (χ1n) is 11.3. The number of carbonyl (C=O) groups is 3. The summed E-state index contributed by atoms with van der Waals surface area (Å²) in [6.07, 6.45) is 1.62. The Kier molecular flexibility index (Phi) is 5.66. The first-order valence-corrected chi connectivity index (χ1v) is 11.3. The molecule has 1 fully saturated rings. The van der Waals surface area contributed by atoms with E-state index in [1.54, 1.807) is 30.3 Å². The molecule has 35 heavy (non-hydrogen) atoms. The van der Waals surface area contributed by atoms with Crippen molar-refractivity contribution in [3.63, 3.8) is 0 Å². The maximum atomic E-state index is 13.1. The number of fused-ring (bicyclic) bond motifs is 1. The van der Waals surface area contributed by atoms with E-state index >= 15 is 0 Å². The van der Waals surface area contributed by atoms with E-state index in [4.69, 9.17) is 0 Å². The maximum Gasteiger partial charge on any atom is 0.282 e. The molecule has 174 valence electrons. The van der Waals surface area contributed by atoms with Crippen molar-refractivity contribution < 1.29 is 14.4 Å². The minimum atomic E-state index is -0.465. The van der Waals surface area contributed by atoms with Crippen molar-refractivity contribution in [3.05, 3.63) is 101 Å². The number of benzene rings is 3. The van der Waals surface area contributed by atoms with Crippen LogP contribution in [-0.4, -0.2) is 22.3 Å². The Hall–Kier alpha value is -4.65. The van der Waals surface area contributed by atoms with Gasteiger partial charge < -0.3 is 9.88 Å². The minimum absolute atomic E-state index is 0.0456. The lowest BCUT2D eigenvalue weighted by Crippen LogP contribution is -2.35. The summed E-state index contributed by atoms with van der Waals surface area (Å²) < 4.78 is 1.90. The molecule has 7 heteroatoms. The van der Waals surface area contributed by atoms with Crippen LogP contribution >= 0.6 is 0 Å². The van der Waals surface area contributed by atoms with E-state index in [-0.39, 0.29) is 18.0 Å². The van der Waals surface area contributed by atoms with Crippen LogP contribution in [0.5, 0.6) is 0 Å². The summed E-state index contributed by atoms with van der Waals surface area (Å²) in [6.45, 7) is 3.93. The summed E-state index contributed by atoms with van der Waals surface area (Å²) in [6, 6.07) is 24.2. The molecule has 3 aromatic carbocycles. The van der Waals surface area contributed by atoms with Gasteiger partial charge >= 0.3 is 0 Å². The Labute approximate surface area is 202 Å². The van der Waals surface area contributed by atoms with Gasteiger partial charge in [0.25, 0.3) is 11.8 Å². The smallest absolute Gasteiger partial charge is 0.282 e. The van der Waals surface area contributed by atoms with Crippen molar-refractivity contribution >= 4 is 46.1 Å². The molecule has 5 rings (SSSR count). The van der Waals surface area contributed by atoms with Gasteiger partial charge in [-0.25, -0.2) is 5.01 Å². The van der Waals surface area contributed by atoms with Gasteiger partial charge in [0.2, 0.25) is 5.91 Å². The fourth-order valence-electron chi connectivity index (χ4n) is 4.35. The van der Waals surface area contributed by atoms with Crippen LogP contribution in [0.25, 0.3) is 17.0 Å². The summed E-state index contributed by atoms with van der Waals surface area (Å²) in [5.74, 6) is -1.05. The zero-order valence-corrected chi connectivity index (χ0v) is 19.4. The summed E-state index contributed by atoms with van der Waals surface area (Å²) in [7, 11) is 0. The molecule has 7 nitrogen and oxygen atoms in total. The van der Waals surface area contributed by atoms with Crippen LogP contribution in [0.4, 0.5) is 11.4 Å². The molecule has 4 aromatic rings. The monoisotopic (exact) mass is 464 g/mol. The van der Waals surface area contributed by atoms with Crippen LogP contribution < -0.4 is 15.8 Å². The number of aromatic nitrogens is 1. The fourth-order valence-corrected chi connectivity index (χ4v) is 4.35. The number of nitrogens with one attached hydrogen (secondary N) is 2. The molecule has 1 aliphatic rings. The van der Waals surface area contributed by atoms with E-state index in [1.807, 2.05) is 73.0 Å². The largest absolute Gasteiger partial charge is 0.335 e. The second-order valence-electron chi connectivity index (χ2n) is 8.44. The van der Waals surface area contributed by atoms with Crippen LogP contribution in [0.2, 0.25) is 0 Å². The first-order chi connectivity index (χ1) is 16.9. The van der Waals surface area contributed by atoms with E-state index in [0.717, 1.165) is 33.4 Å². The third-order valence-corrected chi connectivity index (χ3v) is 6.20. The van der Waals surface area contributed by atoms with Crippen molar-refractivity contribution in [1.82, 2.24) is 9.99 Å². The van der Waals surface area contributed by atoms with Gasteiger partial charge in [0.1, 0.15) is 12.1 Å². The van der Waals surface area contributed by atoms with Crippen molar-refractivity contribution in [2.24, 2.45) is 0 Å². The zero-order chi connectivity index (χ0) is 24.5. The van der Waals surface area contributed by atoms with Crippen LogP contribution in [0.15, 0.2) is 84.4 Å². The number of rotatable bonds is 5. The van der Waals surface area contributed by atoms with E-state index < -0.39 is 11.8 Å². The van der Waals surface area contributed by atoms with Gasteiger partial charge in [0, 0.05) is 27.8 Å². The van der Waals surface area contributed by atoms with E-state index in [1.165, 1.54) is 5.01 Å². The Balaban J connectivity index is 1.50. The highest BCUT2D eigenvalue weighted by molar-refractivity contribution is 6.32. The van der Waals surface area contributed by atoms with Crippen LogP contribution in [0.1, 0.15) is 16.8 Å². The van der Waals surface area contributed by atoms with E-state index in [2.05, 4.69) is 10.7 Å². The average Bonchev–Trinajstić information content (AvgIpc) is 3.29. The van der Waals surface area contributed by atoms with Crippen LogP contribution in [0.3, 0.4) is 0 Å². The van der Waals surface area contributed by atoms with Crippen molar-refractivity contribution in [1.29, 1.82) is 0 Å². The van der Waals surface area contributed by atoms with Gasteiger partial charge in [-0.05, 0) is 49.8 Å². The summed E-state index contributed by atoms with van der Waals surface area (Å²) in [4.78, 5) is 38.7. The molecule has 1 aliphatic heterocycles. The third-order valence-electron chi connectivity index (χ3n) is 6.20. The molecular formula is C28H24N4O3.